The average Bonchev–Trinajstić information content (AvgIpc) is 2.64. The molecule has 0 radical (unpaired) electrons. The van der Waals surface area contributed by atoms with E-state index >= 15 is 0 Å². The van der Waals surface area contributed by atoms with Gasteiger partial charge in [-0.25, -0.2) is 4.79 Å². The van der Waals surface area contributed by atoms with E-state index in [4.69, 9.17) is 22.7 Å². The van der Waals surface area contributed by atoms with Gasteiger partial charge in [0.25, 0.3) is 0 Å². The van der Waals surface area contributed by atoms with Crippen LogP contribution in [0.1, 0.15) is 17.2 Å². The number of carbonyl (C=O) groups excluding carboxylic acids is 1. The van der Waals surface area contributed by atoms with Gasteiger partial charge >= 0.3 is 6.09 Å². The number of ether oxygens (including phenoxy) is 1. The van der Waals surface area contributed by atoms with E-state index in [1.54, 1.807) is 24.3 Å². The number of hydrogen-bond acceptors (Lipinski definition) is 5. The van der Waals surface area contributed by atoms with Crippen LogP contribution >= 0.6 is 12.2 Å². The van der Waals surface area contributed by atoms with Crippen molar-refractivity contribution in [3.8, 4) is 0 Å². The van der Waals surface area contributed by atoms with Crippen molar-refractivity contribution in [3.63, 3.8) is 0 Å². The molecule has 2 atom stereocenters. The van der Waals surface area contributed by atoms with E-state index in [2.05, 4.69) is 10.6 Å². The highest BCUT2D eigenvalue weighted by molar-refractivity contribution is 7.80. The lowest BCUT2D eigenvalue weighted by molar-refractivity contribution is 0.0188. The number of thiocarbonyl (C=S) groups is 1. The molecule has 6 N–H and O–H groups in total. The third-order valence-electron chi connectivity index (χ3n) is 3.57. The zero-order valence-corrected chi connectivity index (χ0v) is 14.8. The van der Waals surface area contributed by atoms with Gasteiger partial charge in [0.2, 0.25) is 0 Å². The molecule has 8 heteroatoms. The standard InChI is InChI=1S/C18H21N3O4S/c19-17(26)21-14-9-5-4-8-13(14)16(23)15(22)10-20-18(24)25-11-12-6-2-1-3-7-12/h1-9,15-16,22-23H,10-11H2,(H,20,24)(H3,19,21,26). The summed E-state index contributed by atoms with van der Waals surface area (Å²) in [5.41, 5.74) is 7.19. The van der Waals surface area contributed by atoms with Crippen molar-refractivity contribution < 1.29 is 19.7 Å². The number of amides is 1. The molecule has 2 aromatic rings. The molecule has 0 heterocycles. The first kappa shape index (κ1) is 19.6. The molecule has 2 aromatic carbocycles. The molecule has 0 saturated heterocycles. The summed E-state index contributed by atoms with van der Waals surface area (Å²) in [5, 5.41) is 25.7. The summed E-state index contributed by atoms with van der Waals surface area (Å²) in [7, 11) is 0. The number of hydrogen-bond donors (Lipinski definition) is 5. The Labute approximate surface area is 156 Å². The van der Waals surface area contributed by atoms with Gasteiger partial charge in [-0.05, 0) is 23.8 Å². The maximum atomic E-state index is 11.7. The number of anilines is 1. The molecule has 26 heavy (non-hydrogen) atoms. The summed E-state index contributed by atoms with van der Waals surface area (Å²) >= 11 is 4.79. The molecular formula is C18H21N3O4S. The minimum atomic E-state index is -1.25. The number of nitrogens with two attached hydrogens (primary N) is 1. The van der Waals surface area contributed by atoms with Gasteiger partial charge in [0.15, 0.2) is 5.11 Å². The van der Waals surface area contributed by atoms with Crippen LogP contribution < -0.4 is 16.4 Å². The fraction of sp³-hybridized carbons (Fsp3) is 0.222. The van der Waals surface area contributed by atoms with E-state index in [1.165, 1.54) is 0 Å². The van der Waals surface area contributed by atoms with Crippen LogP contribution in [0, 0.1) is 0 Å². The van der Waals surface area contributed by atoms with Crippen molar-refractivity contribution >= 4 is 29.1 Å². The van der Waals surface area contributed by atoms with E-state index in [0.29, 0.717) is 11.3 Å². The maximum Gasteiger partial charge on any atom is 0.407 e. The number of carbonyl (C=O) groups is 1. The Morgan fingerprint density at radius 1 is 1.12 bits per heavy atom. The molecule has 1 amide bonds. The minimum Gasteiger partial charge on any atom is -0.445 e. The molecule has 7 nitrogen and oxygen atoms in total. The minimum absolute atomic E-state index is 0.0433. The number of benzene rings is 2. The Bertz CT molecular complexity index is 742. The number of aliphatic hydroxyl groups excluding tert-OH is 2. The molecule has 0 fully saturated rings. The van der Waals surface area contributed by atoms with Crippen LogP contribution in [0.25, 0.3) is 0 Å². The fourth-order valence-corrected chi connectivity index (χ4v) is 2.39. The monoisotopic (exact) mass is 375 g/mol. The van der Waals surface area contributed by atoms with Crippen LogP contribution in [0.3, 0.4) is 0 Å². The predicted molar refractivity (Wildman–Crippen MR) is 102 cm³/mol. The van der Waals surface area contributed by atoms with Crippen LogP contribution in [0.5, 0.6) is 0 Å². The first-order chi connectivity index (χ1) is 12.5. The highest BCUT2D eigenvalue weighted by Crippen LogP contribution is 2.25. The van der Waals surface area contributed by atoms with Gasteiger partial charge in [0, 0.05) is 17.8 Å². The maximum absolute atomic E-state index is 11.7. The Hall–Kier alpha value is -2.68. The smallest absolute Gasteiger partial charge is 0.407 e. The molecule has 0 aromatic heterocycles. The number of aliphatic hydroxyl groups is 2. The van der Waals surface area contributed by atoms with Crippen molar-refractivity contribution in [1.82, 2.24) is 5.32 Å². The van der Waals surface area contributed by atoms with E-state index in [0.717, 1.165) is 5.56 Å². The second-order valence-electron chi connectivity index (χ2n) is 5.53. The highest BCUT2D eigenvalue weighted by Gasteiger charge is 2.22. The highest BCUT2D eigenvalue weighted by atomic mass is 32.1. The van der Waals surface area contributed by atoms with Crippen molar-refractivity contribution in [2.45, 2.75) is 18.8 Å². The SMILES string of the molecule is NC(=S)Nc1ccccc1C(O)C(O)CNC(=O)OCc1ccccc1. The van der Waals surface area contributed by atoms with Gasteiger partial charge in [-0.15, -0.1) is 0 Å². The summed E-state index contributed by atoms with van der Waals surface area (Å²) in [4.78, 5) is 11.7. The Balaban J connectivity index is 1.86. The quantitative estimate of drug-likeness (QED) is 0.467. The summed E-state index contributed by atoms with van der Waals surface area (Å²) < 4.78 is 5.05. The molecule has 0 spiro atoms. The molecule has 2 rings (SSSR count). The normalized spacial score (nSPS) is 12.7. The molecule has 138 valence electrons. The molecule has 0 aliphatic carbocycles. The van der Waals surface area contributed by atoms with Crippen molar-refractivity contribution in [1.29, 1.82) is 0 Å². The van der Waals surface area contributed by atoms with Crippen molar-refractivity contribution in [2.75, 3.05) is 11.9 Å². The average molecular weight is 375 g/mol. The largest absolute Gasteiger partial charge is 0.445 e. The Morgan fingerprint density at radius 2 is 1.77 bits per heavy atom. The van der Waals surface area contributed by atoms with E-state index < -0.39 is 18.3 Å². The fourth-order valence-electron chi connectivity index (χ4n) is 2.28. The van der Waals surface area contributed by atoms with Crippen LogP contribution in [0.2, 0.25) is 0 Å². The van der Waals surface area contributed by atoms with Gasteiger partial charge in [0.1, 0.15) is 18.8 Å². The number of rotatable bonds is 7. The third kappa shape index (κ3) is 5.99. The van der Waals surface area contributed by atoms with E-state index in [-0.39, 0.29) is 18.3 Å². The number of alkyl carbamates (subject to hydrolysis) is 1. The summed E-state index contributed by atoms with van der Waals surface area (Å²) in [6, 6.07) is 16.0. The second-order valence-corrected chi connectivity index (χ2v) is 5.97. The third-order valence-corrected chi connectivity index (χ3v) is 3.67. The van der Waals surface area contributed by atoms with Crippen LogP contribution in [-0.2, 0) is 11.3 Å². The first-order valence-electron chi connectivity index (χ1n) is 7.93. The van der Waals surface area contributed by atoms with Gasteiger partial charge < -0.3 is 31.3 Å². The zero-order valence-electron chi connectivity index (χ0n) is 14.0. The summed E-state index contributed by atoms with van der Waals surface area (Å²) in [6.45, 7) is -0.0672. The number of nitrogens with one attached hydrogen (secondary N) is 2. The Kier molecular flexibility index (Phi) is 7.34. The molecule has 0 aliphatic heterocycles. The molecule has 0 aliphatic rings. The van der Waals surface area contributed by atoms with Crippen molar-refractivity contribution in [2.24, 2.45) is 5.73 Å². The van der Waals surface area contributed by atoms with Gasteiger partial charge in [-0.1, -0.05) is 48.5 Å². The van der Waals surface area contributed by atoms with Gasteiger partial charge in [0.05, 0.1) is 0 Å². The van der Waals surface area contributed by atoms with Crippen molar-refractivity contribution in [3.05, 3.63) is 65.7 Å². The molecule has 2 unspecified atom stereocenters. The lowest BCUT2D eigenvalue weighted by Gasteiger charge is -2.21. The molecular weight excluding hydrogens is 354 g/mol. The lowest BCUT2D eigenvalue weighted by atomic mass is 10.0. The molecule has 0 bridgehead atoms. The predicted octanol–water partition coefficient (Wildman–Crippen LogP) is 1.66. The summed E-state index contributed by atoms with van der Waals surface area (Å²) in [5.74, 6) is 0. The van der Waals surface area contributed by atoms with E-state index in [1.807, 2.05) is 30.3 Å². The zero-order chi connectivity index (χ0) is 18.9. The van der Waals surface area contributed by atoms with Gasteiger partial charge in [-0.2, -0.15) is 0 Å². The van der Waals surface area contributed by atoms with E-state index in [9.17, 15) is 15.0 Å². The topological polar surface area (TPSA) is 117 Å². The Morgan fingerprint density at radius 3 is 2.46 bits per heavy atom. The molecule has 0 saturated carbocycles. The van der Waals surface area contributed by atoms with Crippen LogP contribution in [0.4, 0.5) is 10.5 Å². The number of para-hydroxylation sites is 1. The van der Waals surface area contributed by atoms with Crippen LogP contribution in [0.15, 0.2) is 54.6 Å². The van der Waals surface area contributed by atoms with Gasteiger partial charge in [-0.3, -0.25) is 0 Å². The summed E-state index contributed by atoms with van der Waals surface area (Å²) in [6.07, 6.45) is -3.18. The van der Waals surface area contributed by atoms with Crippen LogP contribution in [-0.4, -0.2) is 34.1 Å². The second kappa shape index (κ2) is 9.71. The first-order valence-corrected chi connectivity index (χ1v) is 8.34. The lowest BCUT2D eigenvalue weighted by Crippen LogP contribution is -2.36.